The number of nitrogens with zero attached hydrogens (tertiary/aromatic N) is 1. The molecule has 0 atom stereocenters. The van der Waals surface area contributed by atoms with E-state index in [2.05, 4.69) is 5.32 Å². The molecule has 106 valence electrons. The lowest BCUT2D eigenvalue weighted by Gasteiger charge is -2.08. The number of halogens is 4. The Bertz CT molecular complexity index is 457. The van der Waals surface area contributed by atoms with Crippen LogP contribution in [0.4, 0.5) is 18.9 Å². The summed E-state index contributed by atoms with van der Waals surface area (Å²) >= 11 is 5.72. The lowest BCUT2D eigenvalue weighted by Crippen LogP contribution is -2.18. The predicted molar refractivity (Wildman–Crippen MR) is 68.3 cm³/mol. The minimum Gasteiger partial charge on any atom is -0.312 e. The Balaban J connectivity index is 2.40. The van der Waals surface area contributed by atoms with E-state index in [1.807, 2.05) is 0 Å². The van der Waals surface area contributed by atoms with Crippen LogP contribution in [0.25, 0.3) is 0 Å². The number of alkyl halides is 3. The second kappa shape index (κ2) is 6.97. The first-order chi connectivity index (χ1) is 8.79. The van der Waals surface area contributed by atoms with E-state index in [0.29, 0.717) is 5.56 Å². The number of rotatable bonds is 6. The first kappa shape index (κ1) is 16.1. The average Bonchev–Trinajstić information content (AvgIpc) is 2.28. The van der Waals surface area contributed by atoms with Crippen molar-refractivity contribution in [3.63, 3.8) is 0 Å². The van der Waals surface area contributed by atoms with Crippen LogP contribution in [-0.4, -0.2) is 22.7 Å². The average molecular weight is 315 g/mol. The lowest BCUT2D eigenvalue weighted by atomic mass is 10.2. The van der Waals surface area contributed by atoms with Crippen molar-refractivity contribution in [2.75, 3.05) is 12.3 Å². The van der Waals surface area contributed by atoms with Gasteiger partial charge in [-0.1, -0.05) is 11.6 Å². The van der Waals surface area contributed by atoms with E-state index in [9.17, 15) is 23.3 Å². The van der Waals surface area contributed by atoms with Crippen LogP contribution < -0.4 is 5.32 Å². The van der Waals surface area contributed by atoms with E-state index in [0.717, 1.165) is 0 Å². The van der Waals surface area contributed by atoms with Crippen LogP contribution >= 0.6 is 23.4 Å². The van der Waals surface area contributed by atoms with Crippen molar-refractivity contribution < 1.29 is 18.1 Å². The van der Waals surface area contributed by atoms with E-state index in [1.165, 1.54) is 18.2 Å². The fourth-order valence-electron chi connectivity index (χ4n) is 1.26. The summed E-state index contributed by atoms with van der Waals surface area (Å²) in [5.41, 5.74) is -3.75. The maximum atomic E-state index is 11.8. The Morgan fingerprint density at radius 3 is 2.63 bits per heavy atom. The molecular formula is C10H10ClF3N2O2S. The summed E-state index contributed by atoms with van der Waals surface area (Å²) in [4.78, 5) is 9.91. The van der Waals surface area contributed by atoms with Gasteiger partial charge < -0.3 is 5.32 Å². The normalized spacial score (nSPS) is 11.6. The molecule has 0 heterocycles. The van der Waals surface area contributed by atoms with Gasteiger partial charge in [-0.2, -0.15) is 13.2 Å². The zero-order valence-corrected chi connectivity index (χ0v) is 11.1. The molecule has 19 heavy (non-hydrogen) atoms. The summed E-state index contributed by atoms with van der Waals surface area (Å²) in [6.07, 6.45) is 0. The van der Waals surface area contributed by atoms with Crippen molar-refractivity contribution in [3.05, 3.63) is 38.9 Å². The van der Waals surface area contributed by atoms with Crippen molar-refractivity contribution in [3.8, 4) is 0 Å². The van der Waals surface area contributed by atoms with Gasteiger partial charge in [0, 0.05) is 31.0 Å². The van der Waals surface area contributed by atoms with E-state index >= 15 is 0 Å². The number of hydrogen-bond donors (Lipinski definition) is 1. The first-order valence-electron chi connectivity index (χ1n) is 5.14. The maximum absolute atomic E-state index is 11.8. The zero-order chi connectivity index (χ0) is 14.5. The highest BCUT2D eigenvalue weighted by atomic mass is 35.5. The van der Waals surface area contributed by atoms with Gasteiger partial charge in [0.25, 0.3) is 5.69 Å². The van der Waals surface area contributed by atoms with Crippen molar-refractivity contribution in [1.82, 2.24) is 5.32 Å². The molecule has 0 amide bonds. The minimum atomic E-state index is -4.23. The van der Waals surface area contributed by atoms with Gasteiger partial charge in [-0.25, -0.2) is 0 Å². The molecule has 0 aliphatic rings. The number of nitro benzene ring substituents is 1. The van der Waals surface area contributed by atoms with Gasteiger partial charge >= 0.3 is 5.51 Å². The number of nitrogens with one attached hydrogen (secondary N) is 1. The molecule has 0 unspecified atom stereocenters. The molecule has 0 saturated heterocycles. The van der Waals surface area contributed by atoms with Crippen molar-refractivity contribution in [1.29, 1.82) is 0 Å². The van der Waals surface area contributed by atoms with Crippen LogP contribution in [0.3, 0.4) is 0 Å². The van der Waals surface area contributed by atoms with E-state index in [-0.39, 0.29) is 41.3 Å². The summed E-state index contributed by atoms with van der Waals surface area (Å²) in [5.74, 6) is -0.103. The number of hydrogen-bond acceptors (Lipinski definition) is 4. The van der Waals surface area contributed by atoms with E-state index < -0.39 is 10.4 Å². The van der Waals surface area contributed by atoms with Crippen LogP contribution in [-0.2, 0) is 6.54 Å². The molecule has 0 bridgehead atoms. The predicted octanol–water partition coefficient (Wildman–Crippen LogP) is 3.59. The molecule has 1 aromatic carbocycles. The molecule has 0 aliphatic carbocycles. The van der Waals surface area contributed by atoms with Gasteiger partial charge in [0.1, 0.15) is 0 Å². The van der Waals surface area contributed by atoms with Crippen molar-refractivity contribution in [2.24, 2.45) is 0 Å². The van der Waals surface area contributed by atoms with Gasteiger partial charge in [-0.05, 0) is 23.4 Å². The number of thioether (sulfide) groups is 1. The molecule has 1 N–H and O–H groups in total. The van der Waals surface area contributed by atoms with Crippen LogP contribution in [0, 0.1) is 10.1 Å². The number of nitro groups is 1. The van der Waals surface area contributed by atoms with Gasteiger partial charge in [-0.15, -0.1) is 0 Å². The monoisotopic (exact) mass is 314 g/mol. The van der Waals surface area contributed by atoms with E-state index in [1.54, 1.807) is 0 Å². The molecule has 0 aliphatic heterocycles. The number of non-ortho nitro benzene ring substituents is 1. The second-order valence-corrected chi connectivity index (χ2v) is 5.07. The fourth-order valence-corrected chi connectivity index (χ4v) is 1.97. The Labute approximate surface area is 116 Å². The molecule has 0 radical (unpaired) electrons. The topological polar surface area (TPSA) is 55.2 Å². The highest BCUT2D eigenvalue weighted by Crippen LogP contribution is 2.29. The van der Waals surface area contributed by atoms with Gasteiger partial charge in [-0.3, -0.25) is 10.1 Å². The van der Waals surface area contributed by atoms with Crippen LogP contribution in [0.1, 0.15) is 5.56 Å². The molecule has 0 spiro atoms. The van der Waals surface area contributed by atoms with Crippen LogP contribution in [0.15, 0.2) is 18.2 Å². The molecule has 1 rings (SSSR count). The quantitative estimate of drug-likeness (QED) is 0.495. The van der Waals surface area contributed by atoms with Gasteiger partial charge in [0.05, 0.1) is 9.95 Å². The van der Waals surface area contributed by atoms with E-state index in [4.69, 9.17) is 11.6 Å². The second-order valence-electron chi connectivity index (χ2n) is 3.50. The van der Waals surface area contributed by atoms with Crippen molar-refractivity contribution >= 4 is 29.1 Å². The SMILES string of the molecule is O=[N+]([O-])c1ccc(CNCCSC(F)(F)F)c(Cl)c1. The summed E-state index contributed by atoms with van der Waals surface area (Å²) < 4.78 is 35.5. The Morgan fingerprint density at radius 1 is 1.42 bits per heavy atom. The third-order valence-electron chi connectivity index (χ3n) is 2.11. The summed E-state index contributed by atoms with van der Waals surface area (Å²) in [7, 11) is 0. The molecule has 9 heteroatoms. The molecular weight excluding hydrogens is 305 g/mol. The molecule has 4 nitrogen and oxygen atoms in total. The maximum Gasteiger partial charge on any atom is 0.441 e. The third kappa shape index (κ3) is 6.13. The summed E-state index contributed by atoms with van der Waals surface area (Å²) in [6.45, 7) is 0.423. The fraction of sp³-hybridized carbons (Fsp3) is 0.400. The standard InChI is InChI=1S/C10H10ClF3N2O2S/c11-9-5-8(16(17)18)2-1-7(9)6-15-3-4-19-10(12,13)14/h1-2,5,15H,3-4,6H2. The largest absolute Gasteiger partial charge is 0.441 e. The van der Waals surface area contributed by atoms with Crippen LogP contribution in [0.2, 0.25) is 5.02 Å². The van der Waals surface area contributed by atoms with Gasteiger partial charge in [0.2, 0.25) is 0 Å². The highest BCUT2D eigenvalue weighted by Gasteiger charge is 2.27. The molecule has 0 aromatic heterocycles. The Kier molecular flexibility index (Phi) is 5.89. The Morgan fingerprint density at radius 2 is 2.11 bits per heavy atom. The lowest BCUT2D eigenvalue weighted by molar-refractivity contribution is -0.384. The number of benzene rings is 1. The zero-order valence-electron chi connectivity index (χ0n) is 9.54. The van der Waals surface area contributed by atoms with Crippen LogP contribution in [0.5, 0.6) is 0 Å². The highest BCUT2D eigenvalue weighted by molar-refractivity contribution is 8.00. The smallest absolute Gasteiger partial charge is 0.312 e. The third-order valence-corrected chi connectivity index (χ3v) is 3.19. The van der Waals surface area contributed by atoms with Gasteiger partial charge in [0.15, 0.2) is 0 Å². The molecule has 0 fully saturated rings. The molecule has 1 aromatic rings. The van der Waals surface area contributed by atoms with Crippen molar-refractivity contribution in [2.45, 2.75) is 12.1 Å². The molecule has 0 saturated carbocycles. The first-order valence-corrected chi connectivity index (χ1v) is 6.50. The Hall–Kier alpha value is -0.990. The summed E-state index contributed by atoms with van der Waals surface area (Å²) in [5, 5.41) is 13.5. The minimum absolute atomic E-state index is 0.103. The summed E-state index contributed by atoms with van der Waals surface area (Å²) in [6, 6.07) is 3.99.